The SMILES string of the molecule is Cc1c(Br)cc(Cl)c(NC2=NCCN2)c1C. The third kappa shape index (κ3) is 2.18. The summed E-state index contributed by atoms with van der Waals surface area (Å²) in [6.07, 6.45) is 0. The minimum Gasteiger partial charge on any atom is -0.354 e. The molecule has 0 saturated heterocycles. The van der Waals surface area contributed by atoms with Crippen LogP contribution in [0.3, 0.4) is 0 Å². The van der Waals surface area contributed by atoms with Gasteiger partial charge in [-0.3, -0.25) is 4.99 Å². The van der Waals surface area contributed by atoms with E-state index >= 15 is 0 Å². The third-order valence-corrected chi connectivity index (χ3v) is 3.83. The van der Waals surface area contributed by atoms with Gasteiger partial charge in [0.1, 0.15) is 0 Å². The highest BCUT2D eigenvalue weighted by Gasteiger charge is 2.13. The van der Waals surface area contributed by atoms with Crippen molar-refractivity contribution in [2.24, 2.45) is 4.99 Å². The van der Waals surface area contributed by atoms with Gasteiger partial charge in [-0.15, -0.1) is 0 Å². The van der Waals surface area contributed by atoms with Crippen LogP contribution in [0.4, 0.5) is 5.69 Å². The molecule has 0 amide bonds. The molecule has 0 aromatic heterocycles. The van der Waals surface area contributed by atoms with E-state index < -0.39 is 0 Å². The van der Waals surface area contributed by atoms with E-state index in [1.165, 1.54) is 5.56 Å². The van der Waals surface area contributed by atoms with E-state index in [4.69, 9.17) is 11.6 Å². The van der Waals surface area contributed by atoms with Gasteiger partial charge >= 0.3 is 0 Å². The highest BCUT2D eigenvalue weighted by molar-refractivity contribution is 9.10. The molecule has 2 rings (SSSR count). The van der Waals surface area contributed by atoms with Crippen molar-refractivity contribution in [1.82, 2.24) is 5.32 Å². The molecule has 0 bridgehead atoms. The van der Waals surface area contributed by atoms with Crippen molar-refractivity contribution in [3.63, 3.8) is 0 Å². The molecule has 16 heavy (non-hydrogen) atoms. The number of anilines is 1. The van der Waals surface area contributed by atoms with Gasteiger partial charge in [-0.2, -0.15) is 0 Å². The fourth-order valence-electron chi connectivity index (χ4n) is 1.59. The van der Waals surface area contributed by atoms with Crippen LogP contribution in [0.1, 0.15) is 11.1 Å². The summed E-state index contributed by atoms with van der Waals surface area (Å²) >= 11 is 9.70. The van der Waals surface area contributed by atoms with Gasteiger partial charge in [0.05, 0.1) is 17.3 Å². The van der Waals surface area contributed by atoms with Gasteiger partial charge < -0.3 is 10.6 Å². The molecular weight excluding hydrogens is 289 g/mol. The van der Waals surface area contributed by atoms with Gasteiger partial charge in [-0.25, -0.2) is 0 Å². The van der Waals surface area contributed by atoms with Crippen molar-refractivity contribution in [1.29, 1.82) is 0 Å². The number of hydrogen-bond donors (Lipinski definition) is 2. The topological polar surface area (TPSA) is 36.4 Å². The van der Waals surface area contributed by atoms with Crippen LogP contribution in [0, 0.1) is 13.8 Å². The van der Waals surface area contributed by atoms with E-state index in [9.17, 15) is 0 Å². The molecule has 0 aliphatic carbocycles. The summed E-state index contributed by atoms with van der Waals surface area (Å²) in [5.74, 6) is 0.798. The van der Waals surface area contributed by atoms with Crippen LogP contribution in [-0.4, -0.2) is 19.0 Å². The van der Waals surface area contributed by atoms with E-state index in [0.29, 0.717) is 5.02 Å². The van der Waals surface area contributed by atoms with Crippen molar-refractivity contribution < 1.29 is 0 Å². The number of rotatable bonds is 1. The van der Waals surface area contributed by atoms with Crippen LogP contribution in [0.2, 0.25) is 5.02 Å². The number of nitrogens with one attached hydrogen (secondary N) is 2. The predicted molar refractivity (Wildman–Crippen MR) is 72.6 cm³/mol. The summed E-state index contributed by atoms with van der Waals surface area (Å²) in [7, 11) is 0. The van der Waals surface area contributed by atoms with Crippen LogP contribution >= 0.6 is 27.5 Å². The van der Waals surface area contributed by atoms with Gasteiger partial charge in [0, 0.05) is 11.0 Å². The molecular formula is C11H13BrClN3. The molecule has 0 saturated carbocycles. The van der Waals surface area contributed by atoms with Crippen LogP contribution in [0.5, 0.6) is 0 Å². The summed E-state index contributed by atoms with van der Waals surface area (Å²) in [6, 6.07) is 1.90. The van der Waals surface area contributed by atoms with Crippen LogP contribution in [-0.2, 0) is 0 Å². The maximum absolute atomic E-state index is 6.21. The molecule has 0 fully saturated rings. The van der Waals surface area contributed by atoms with Crippen molar-refractivity contribution in [2.45, 2.75) is 13.8 Å². The average molecular weight is 303 g/mol. The summed E-state index contributed by atoms with van der Waals surface area (Å²) in [5.41, 5.74) is 3.25. The second-order valence-corrected chi connectivity index (χ2v) is 5.01. The van der Waals surface area contributed by atoms with Crippen molar-refractivity contribution in [3.8, 4) is 0 Å². The Morgan fingerprint density at radius 1 is 1.44 bits per heavy atom. The number of aliphatic imine (C=N–C) groups is 1. The minimum atomic E-state index is 0.700. The zero-order valence-electron chi connectivity index (χ0n) is 9.19. The lowest BCUT2D eigenvalue weighted by atomic mass is 10.1. The number of nitrogens with zero attached hydrogens (tertiary/aromatic N) is 1. The molecule has 2 N–H and O–H groups in total. The summed E-state index contributed by atoms with van der Waals surface area (Å²) in [6.45, 7) is 5.80. The molecule has 0 radical (unpaired) electrons. The monoisotopic (exact) mass is 301 g/mol. The lowest BCUT2D eigenvalue weighted by Crippen LogP contribution is -2.26. The molecule has 0 unspecified atom stereocenters. The van der Waals surface area contributed by atoms with E-state index in [2.05, 4.69) is 38.5 Å². The Hall–Kier alpha value is -0.740. The zero-order chi connectivity index (χ0) is 11.7. The fraction of sp³-hybridized carbons (Fsp3) is 0.364. The first kappa shape index (κ1) is 11.7. The minimum absolute atomic E-state index is 0.700. The smallest absolute Gasteiger partial charge is 0.195 e. The van der Waals surface area contributed by atoms with Gasteiger partial charge in [0.25, 0.3) is 0 Å². The third-order valence-electron chi connectivity index (χ3n) is 2.71. The Morgan fingerprint density at radius 3 is 2.81 bits per heavy atom. The van der Waals surface area contributed by atoms with Gasteiger partial charge in [-0.05, 0) is 31.0 Å². The molecule has 1 aliphatic heterocycles. The molecule has 86 valence electrons. The van der Waals surface area contributed by atoms with Gasteiger partial charge in [0.2, 0.25) is 0 Å². The maximum atomic E-state index is 6.21. The molecule has 1 aromatic rings. The first-order chi connectivity index (χ1) is 7.59. The lowest BCUT2D eigenvalue weighted by molar-refractivity contribution is 0.959. The van der Waals surface area contributed by atoms with E-state index in [1.807, 2.05) is 13.0 Å². The quantitative estimate of drug-likeness (QED) is 0.836. The van der Waals surface area contributed by atoms with E-state index in [1.54, 1.807) is 0 Å². The van der Waals surface area contributed by atoms with Crippen molar-refractivity contribution in [2.75, 3.05) is 18.4 Å². The Labute approximate surface area is 108 Å². The highest BCUT2D eigenvalue weighted by Crippen LogP contribution is 2.33. The molecule has 0 spiro atoms. The van der Waals surface area contributed by atoms with E-state index in [-0.39, 0.29) is 0 Å². The first-order valence-electron chi connectivity index (χ1n) is 5.10. The number of halogens is 2. The normalized spacial score (nSPS) is 14.6. The van der Waals surface area contributed by atoms with Crippen molar-refractivity contribution in [3.05, 3.63) is 26.7 Å². The molecule has 1 aromatic carbocycles. The van der Waals surface area contributed by atoms with E-state index in [0.717, 1.165) is 34.8 Å². The molecule has 0 atom stereocenters. The molecule has 5 heteroatoms. The Balaban J connectivity index is 2.36. The average Bonchev–Trinajstić information content (AvgIpc) is 2.74. The molecule has 1 aliphatic rings. The second-order valence-electron chi connectivity index (χ2n) is 3.75. The largest absolute Gasteiger partial charge is 0.354 e. The Morgan fingerprint density at radius 2 is 2.19 bits per heavy atom. The highest BCUT2D eigenvalue weighted by atomic mass is 79.9. The molecule has 3 nitrogen and oxygen atoms in total. The Kier molecular flexibility index (Phi) is 3.40. The van der Waals surface area contributed by atoms with Gasteiger partial charge in [-0.1, -0.05) is 27.5 Å². The summed E-state index contributed by atoms with van der Waals surface area (Å²) < 4.78 is 1.03. The number of hydrogen-bond acceptors (Lipinski definition) is 3. The number of guanidine groups is 1. The van der Waals surface area contributed by atoms with Gasteiger partial charge in [0.15, 0.2) is 5.96 Å². The Bertz CT molecular complexity index is 457. The summed E-state index contributed by atoms with van der Waals surface area (Å²) in [4.78, 5) is 4.29. The van der Waals surface area contributed by atoms with Crippen LogP contribution in [0.25, 0.3) is 0 Å². The zero-order valence-corrected chi connectivity index (χ0v) is 11.5. The second kappa shape index (κ2) is 4.63. The van der Waals surface area contributed by atoms with Crippen molar-refractivity contribution >= 4 is 39.2 Å². The molecule has 1 heterocycles. The van der Waals surface area contributed by atoms with Crippen LogP contribution in [0.15, 0.2) is 15.5 Å². The number of benzene rings is 1. The fourth-order valence-corrected chi connectivity index (χ4v) is 2.55. The standard InChI is InChI=1S/C11H13BrClN3/c1-6-7(2)10(9(13)5-8(6)12)16-11-14-3-4-15-11/h5H,3-4H2,1-2H3,(H2,14,15,16). The predicted octanol–water partition coefficient (Wildman–Crippen LogP) is 3.09. The summed E-state index contributed by atoms with van der Waals surface area (Å²) in [5, 5.41) is 7.09. The first-order valence-corrected chi connectivity index (χ1v) is 6.27. The van der Waals surface area contributed by atoms with Crippen LogP contribution < -0.4 is 10.6 Å². The lowest BCUT2D eigenvalue weighted by Gasteiger charge is -2.14. The maximum Gasteiger partial charge on any atom is 0.195 e.